The van der Waals surface area contributed by atoms with Gasteiger partial charge in [-0.2, -0.15) is 0 Å². The van der Waals surface area contributed by atoms with Crippen LogP contribution >= 0.6 is 24.8 Å². The SMILES string of the molecule is CC(C)(C)NC(=O)OCCN(CCCN)CCOC(=O)NC(C)(C)C.Cl.Cl. The van der Waals surface area contributed by atoms with Crippen molar-refractivity contribution in [3.63, 3.8) is 0 Å². The summed E-state index contributed by atoms with van der Waals surface area (Å²) in [4.78, 5) is 25.3. The molecule has 0 heterocycles. The van der Waals surface area contributed by atoms with Gasteiger partial charge in [0.25, 0.3) is 0 Å². The van der Waals surface area contributed by atoms with Gasteiger partial charge in [0.15, 0.2) is 0 Å². The zero-order chi connectivity index (χ0) is 19.5. The van der Waals surface area contributed by atoms with Crippen LogP contribution in [0.3, 0.4) is 0 Å². The van der Waals surface area contributed by atoms with Gasteiger partial charge >= 0.3 is 12.2 Å². The molecule has 0 spiro atoms. The van der Waals surface area contributed by atoms with Gasteiger partial charge in [0.2, 0.25) is 0 Å². The van der Waals surface area contributed by atoms with Crippen LogP contribution in [0.4, 0.5) is 9.59 Å². The molecule has 4 N–H and O–H groups in total. The minimum absolute atomic E-state index is 0. The number of halogens is 2. The summed E-state index contributed by atoms with van der Waals surface area (Å²) < 4.78 is 10.4. The number of ether oxygens (including phenoxy) is 2. The van der Waals surface area contributed by atoms with Gasteiger partial charge in [-0.25, -0.2) is 9.59 Å². The van der Waals surface area contributed by atoms with Crippen LogP contribution in [0.15, 0.2) is 0 Å². The van der Waals surface area contributed by atoms with Crippen LogP contribution in [-0.4, -0.2) is 67.6 Å². The average Bonchev–Trinajstić information content (AvgIpc) is 2.40. The van der Waals surface area contributed by atoms with E-state index in [1.165, 1.54) is 0 Å². The number of amides is 2. The fourth-order valence-corrected chi connectivity index (χ4v) is 1.87. The molecule has 10 heteroatoms. The third-order valence-corrected chi connectivity index (χ3v) is 2.91. The second-order valence-corrected chi connectivity index (χ2v) is 8.01. The lowest BCUT2D eigenvalue weighted by Gasteiger charge is -2.24. The van der Waals surface area contributed by atoms with E-state index in [9.17, 15) is 9.59 Å². The highest BCUT2D eigenvalue weighted by atomic mass is 35.5. The van der Waals surface area contributed by atoms with Crippen molar-refractivity contribution in [2.24, 2.45) is 5.73 Å². The van der Waals surface area contributed by atoms with Crippen molar-refractivity contribution in [2.75, 3.05) is 39.4 Å². The predicted octanol–water partition coefficient (Wildman–Crippen LogP) is 2.53. The van der Waals surface area contributed by atoms with Gasteiger partial charge in [0.1, 0.15) is 13.2 Å². The van der Waals surface area contributed by atoms with Crippen molar-refractivity contribution in [1.82, 2.24) is 15.5 Å². The number of hydrogen-bond donors (Lipinski definition) is 3. The maximum atomic E-state index is 11.6. The van der Waals surface area contributed by atoms with Crippen molar-refractivity contribution in [3.05, 3.63) is 0 Å². The monoisotopic (exact) mass is 432 g/mol. The van der Waals surface area contributed by atoms with Gasteiger partial charge in [-0.05, 0) is 61.1 Å². The normalized spacial score (nSPS) is 11.1. The molecule has 0 bridgehead atoms. The summed E-state index contributed by atoms with van der Waals surface area (Å²) in [5.74, 6) is 0. The molecule has 0 saturated heterocycles. The summed E-state index contributed by atoms with van der Waals surface area (Å²) in [7, 11) is 0. The zero-order valence-electron chi connectivity index (χ0n) is 17.4. The van der Waals surface area contributed by atoms with Gasteiger partial charge in [0.05, 0.1) is 0 Å². The van der Waals surface area contributed by atoms with Crippen LogP contribution in [0, 0.1) is 0 Å². The zero-order valence-corrected chi connectivity index (χ0v) is 19.1. The Morgan fingerprint density at radius 2 is 1.19 bits per heavy atom. The second-order valence-electron chi connectivity index (χ2n) is 8.01. The first-order valence-electron chi connectivity index (χ1n) is 8.75. The molecule has 0 atom stereocenters. The number of carbonyl (C=O) groups excluding carboxylic acids is 2. The smallest absolute Gasteiger partial charge is 0.407 e. The number of nitrogens with one attached hydrogen (secondary N) is 2. The van der Waals surface area contributed by atoms with E-state index in [2.05, 4.69) is 15.5 Å². The first-order valence-corrected chi connectivity index (χ1v) is 8.75. The molecule has 0 aliphatic heterocycles. The van der Waals surface area contributed by atoms with Gasteiger partial charge in [-0.15, -0.1) is 24.8 Å². The first kappa shape index (κ1) is 30.8. The van der Waals surface area contributed by atoms with E-state index in [1.807, 2.05) is 41.5 Å². The molecule has 2 amide bonds. The van der Waals surface area contributed by atoms with Gasteiger partial charge in [0, 0.05) is 24.2 Å². The van der Waals surface area contributed by atoms with Crippen molar-refractivity contribution < 1.29 is 19.1 Å². The molecule has 0 aromatic rings. The fourth-order valence-electron chi connectivity index (χ4n) is 1.87. The molecule has 0 unspecified atom stereocenters. The Balaban J connectivity index is -0.00000288. The number of nitrogens with zero attached hydrogens (tertiary/aromatic N) is 1. The Bertz CT molecular complexity index is 379. The molecule has 0 fully saturated rings. The number of alkyl carbamates (subject to hydrolysis) is 2. The van der Waals surface area contributed by atoms with E-state index >= 15 is 0 Å². The van der Waals surface area contributed by atoms with Crippen LogP contribution < -0.4 is 16.4 Å². The molecule has 0 radical (unpaired) electrons. The number of nitrogens with two attached hydrogens (primary N) is 1. The fraction of sp³-hybridized carbons (Fsp3) is 0.882. The lowest BCUT2D eigenvalue weighted by atomic mass is 10.1. The maximum absolute atomic E-state index is 11.6. The van der Waals surface area contributed by atoms with Gasteiger partial charge in [-0.3, -0.25) is 4.90 Å². The molecule has 0 aromatic carbocycles. The summed E-state index contributed by atoms with van der Waals surface area (Å²) >= 11 is 0. The Morgan fingerprint density at radius 1 is 0.815 bits per heavy atom. The number of hydrogen-bond acceptors (Lipinski definition) is 6. The minimum atomic E-state index is -0.438. The molecule has 0 aromatic heterocycles. The molecule has 0 aliphatic rings. The Hall–Kier alpha value is -0.960. The number of carbonyl (C=O) groups is 2. The standard InChI is InChI=1S/C17H36N4O4.2ClH/c1-16(2,3)19-14(22)24-12-10-21(9-7-8-18)11-13-25-15(23)20-17(4,5)6;;/h7-13,18H2,1-6H3,(H,19,22)(H,20,23);2*1H. The van der Waals surface area contributed by atoms with E-state index < -0.39 is 12.2 Å². The van der Waals surface area contributed by atoms with E-state index in [4.69, 9.17) is 15.2 Å². The summed E-state index contributed by atoms with van der Waals surface area (Å²) in [6.07, 6.45) is -0.0540. The predicted molar refractivity (Wildman–Crippen MR) is 113 cm³/mol. The second kappa shape index (κ2) is 15.0. The van der Waals surface area contributed by atoms with Crippen molar-refractivity contribution in [1.29, 1.82) is 0 Å². The highest BCUT2D eigenvalue weighted by molar-refractivity contribution is 5.85. The maximum Gasteiger partial charge on any atom is 0.407 e. The molecule has 27 heavy (non-hydrogen) atoms. The summed E-state index contributed by atoms with van der Waals surface area (Å²) in [6.45, 7) is 14.3. The lowest BCUT2D eigenvalue weighted by Crippen LogP contribution is -2.43. The molecule has 8 nitrogen and oxygen atoms in total. The van der Waals surface area contributed by atoms with Crippen LogP contribution in [-0.2, 0) is 9.47 Å². The average molecular weight is 433 g/mol. The van der Waals surface area contributed by atoms with Crippen LogP contribution in [0.25, 0.3) is 0 Å². The van der Waals surface area contributed by atoms with E-state index in [-0.39, 0.29) is 49.1 Å². The van der Waals surface area contributed by atoms with E-state index in [1.54, 1.807) is 0 Å². The van der Waals surface area contributed by atoms with Crippen molar-refractivity contribution in [3.8, 4) is 0 Å². The quantitative estimate of drug-likeness (QED) is 0.516. The highest BCUT2D eigenvalue weighted by Gasteiger charge is 2.16. The molecule has 0 saturated carbocycles. The van der Waals surface area contributed by atoms with E-state index in [0.717, 1.165) is 13.0 Å². The third kappa shape index (κ3) is 21.2. The lowest BCUT2D eigenvalue weighted by molar-refractivity contribution is 0.101. The van der Waals surface area contributed by atoms with Crippen molar-refractivity contribution in [2.45, 2.75) is 59.0 Å². The van der Waals surface area contributed by atoms with Gasteiger partial charge in [-0.1, -0.05) is 0 Å². The minimum Gasteiger partial charge on any atom is -0.448 e. The van der Waals surface area contributed by atoms with Crippen LogP contribution in [0.5, 0.6) is 0 Å². The topological polar surface area (TPSA) is 106 Å². The molecule has 0 rings (SSSR count). The number of rotatable bonds is 9. The summed E-state index contributed by atoms with van der Waals surface area (Å²) in [5.41, 5.74) is 4.89. The molecule has 164 valence electrons. The Labute approximate surface area is 176 Å². The van der Waals surface area contributed by atoms with Crippen molar-refractivity contribution >= 4 is 37.0 Å². The first-order chi connectivity index (χ1) is 11.4. The molecule has 0 aliphatic carbocycles. The molecular formula is C17H38Cl2N4O4. The summed E-state index contributed by atoms with van der Waals surface area (Å²) in [6, 6.07) is 0. The largest absolute Gasteiger partial charge is 0.448 e. The Morgan fingerprint density at radius 3 is 1.48 bits per heavy atom. The summed E-state index contributed by atoms with van der Waals surface area (Å²) in [5, 5.41) is 5.48. The molecular weight excluding hydrogens is 395 g/mol. The van der Waals surface area contributed by atoms with Gasteiger partial charge < -0.3 is 25.8 Å². The van der Waals surface area contributed by atoms with Crippen LogP contribution in [0.1, 0.15) is 48.0 Å². The Kier molecular flexibility index (Phi) is 17.1. The van der Waals surface area contributed by atoms with E-state index in [0.29, 0.717) is 19.6 Å². The third-order valence-electron chi connectivity index (χ3n) is 2.91. The van der Waals surface area contributed by atoms with Crippen LogP contribution in [0.2, 0.25) is 0 Å². The highest BCUT2D eigenvalue weighted by Crippen LogP contribution is 2.01.